The predicted octanol–water partition coefficient (Wildman–Crippen LogP) is -0.229. The van der Waals surface area contributed by atoms with Crippen molar-refractivity contribution in [3.8, 4) is 0 Å². The fraction of sp³-hybridized carbons (Fsp3) is 0.778. The van der Waals surface area contributed by atoms with Gasteiger partial charge in [0.2, 0.25) is 0 Å². The first-order valence-corrected chi connectivity index (χ1v) is 5.25. The topological polar surface area (TPSA) is 131 Å². The van der Waals surface area contributed by atoms with Gasteiger partial charge in [0.25, 0.3) is 0 Å². The van der Waals surface area contributed by atoms with E-state index in [1.807, 2.05) is 6.92 Å². The molecule has 0 aliphatic heterocycles. The minimum absolute atomic E-state index is 0.392. The largest absolute Gasteiger partial charge is 0.480 e. The zero-order valence-corrected chi connectivity index (χ0v) is 9.59. The standard InChI is InChI=1S/C9H17N3O5/c1-2-3-4-7(11-12-16)9(15)17-5-6(10)8(13)14/h6-7H,2-5,10H2,1H3,(H,11,16)(H,13,14)/t6-,7?/m0/s1. The summed E-state index contributed by atoms with van der Waals surface area (Å²) in [6.45, 7) is 1.49. The van der Waals surface area contributed by atoms with Crippen LogP contribution < -0.4 is 11.2 Å². The lowest BCUT2D eigenvalue weighted by atomic mass is 10.1. The van der Waals surface area contributed by atoms with E-state index in [9.17, 15) is 14.5 Å². The van der Waals surface area contributed by atoms with Crippen LogP contribution in [-0.4, -0.2) is 35.7 Å². The molecule has 2 atom stereocenters. The molecule has 0 radical (unpaired) electrons. The fourth-order valence-corrected chi connectivity index (χ4v) is 1.05. The van der Waals surface area contributed by atoms with Gasteiger partial charge < -0.3 is 15.6 Å². The molecule has 0 aromatic heterocycles. The maximum Gasteiger partial charge on any atom is 0.330 e. The second kappa shape index (κ2) is 8.45. The molecule has 8 heteroatoms. The van der Waals surface area contributed by atoms with Gasteiger partial charge >= 0.3 is 11.9 Å². The van der Waals surface area contributed by atoms with Crippen molar-refractivity contribution in [2.24, 2.45) is 11.0 Å². The van der Waals surface area contributed by atoms with Crippen LogP contribution in [0.2, 0.25) is 0 Å². The molecule has 0 aliphatic rings. The highest BCUT2D eigenvalue weighted by Crippen LogP contribution is 2.03. The molecule has 0 fully saturated rings. The van der Waals surface area contributed by atoms with Crippen molar-refractivity contribution in [3.63, 3.8) is 0 Å². The van der Waals surface area contributed by atoms with Crippen molar-refractivity contribution >= 4 is 11.9 Å². The summed E-state index contributed by atoms with van der Waals surface area (Å²) in [5.74, 6) is -1.99. The summed E-state index contributed by atoms with van der Waals surface area (Å²) in [6, 6.07) is -2.12. The van der Waals surface area contributed by atoms with Gasteiger partial charge in [-0.2, -0.15) is 0 Å². The van der Waals surface area contributed by atoms with Gasteiger partial charge in [-0.15, -0.1) is 4.91 Å². The number of hydrogen-bond acceptors (Lipinski definition) is 6. The molecule has 0 aromatic carbocycles. The number of carbonyl (C=O) groups is 2. The Morgan fingerprint density at radius 3 is 2.65 bits per heavy atom. The van der Waals surface area contributed by atoms with E-state index < -0.39 is 30.6 Å². The number of nitrogens with zero attached hydrogens (tertiary/aromatic N) is 1. The lowest BCUT2D eigenvalue weighted by molar-refractivity contribution is -0.149. The quantitative estimate of drug-likeness (QED) is 0.291. The molecule has 0 saturated carbocycles. The first-order valence-electron chi connectivity index (χ1n) is 5.25. The van der Waals surface area contributed by atoms with Crippen LogP contribution in [0.1, 0.15) is 26.2 Å². The number of carbonyl (C=O) groups excluding carboxylic acids is 1. The van der Waals surface area contributed by atoms with E-state index in [2.05, 4.69) is 15.4 Å². The average Bonchev–Trinajstić information content (AvgIpc) is 2.30. The third-order valence-electron chi connectivity index (χ3n) is 2.06. The second-order valence-corrected chi connectivity index (χ2v) is 3.49. The van der Waals surface area contributed by atoms with Gasteiger partial charge in [0.1, 0.15) is 18.7 Å². The third-order valence-corrected chi connectivity index (χ3v) is 2.06. The maximum absolute atomic E-state index is 11.4. The van der Waals surface area contributed by atoms with Gasteiger partial charge in [-0.1, -0.05) is 19.8 Å². The Morgan fingerprint density at radius 2 is 2.18 bits per heavy atom. The summed E-state index contributed by atoms with van der Waals surface area (Å²) in [7, 11) is 0. The van der Waals surface area contributed by atoms with Crippen LogP contribution in [0.5, 0.6) is 0 Å². The Kier molecular flexibility index (Phi) is 7.61. The summed E-state index contributed by atoms with van der Waals surface area (Å²) in [5.41, 5.74) is 7.23. The highest BCUT2D eigenvalue weighted by molar-refractivity contribution is 5.77. The zero-order chi connectivity index (χ0) is 13.3. The molecule has 98 valence electrons. The maximum atomic E-state index is 11.4. The molecule has 0 saturated heterocycles. The van der Waals surface area contributed by atoms with Crippen molar-refractivity contribution in [3.05, 3.63) is 4.91 Å². The molecule has 0 bridgehead atoms. The first kappa shape index (κ1) is 15.3. The second-order valence-electron chi connectivity index (χ2n) is 3.49. The van der Waals surface area contributed by atoms with Gasteiger partial charge in [0.15, 0.2) is 0 Å². The molecule has 0 rings (SSSR count). The van der Waals surface area contributed by atoms with E-state index in [1.165, 1.54) is 0 Å². The van der Waals surface area contributed by atoms with Crippen molar-refractivity contribution in [1.29, 1.82) is 0 Å². The van der Waals surface area contributed by atoms with E-state index >= 15 is 0 Å². The van der Waals surface area contributed by atoms with E-state index in [4.69, 9.17) is 10.8 Å². The average molecular weight is 247 g/mol. The summed E-state index contributed by atoms with van der Waals surface area (Å²) >= 11 is 0. The van der Waals surface area contributed by atoms with Gasteiger partial charge in [0, 0.05) is 0 Å². The van der Waals surface area contributed by atoms with E-state index in [-0.39, 0.29) is 0 Å². The lowest BCUT2D eigenvalue weighted by Crippen LogP contribution is -2.40. The Balaban J connectivity index is 4.12. The Morgan fingerprint density at radius 1 is 1.53 bits per heavy atom. The minimum Gasteiger partial charge on any atom is -0.480 e. The predicted molar refractivity (Wildman–Crippen MR) is 58.8 cm³/mol. The Bertz CT molecular complexity index is 271. The zero-order valence-electron chi connectivity index (χ0n) is 9.59. The molecular formula is C9H17N3O5. The molecule has 1 unspecified atom stereocenters. The van der Waals surface area contributed by atoms with E-state index in [1.54, 1.807) is 0 Å². The highest BCUT2D eigenvalue weighted by atomic mass is 16.5. The molecule has 0 spiro atoms. The van der Waals surface area contributed by atoms with Gasteiger partial charge in [-0.3, -0.25) is 10.2 Å². The van der Waals surface area contributed by atoms with Crippen LogP contribution in [0.25, 0.3) is 0 Å². The summed E-state index contributed by atoms with van der Waals surface area (Å²) in [4.78, 5) is 31.9. The molecule has 4 N–H and O–H groups in total. The molecule has 17 heavy (non-hydrogen) atoms. The highest BCUT2D eigenvalue weighted by Gasteiger charge is 2.21. The number of carboxylic acids is 1. The first-order chi connectivity index (χ1) is 8.02. The normalized spacial score (nSPS) is 13.5. The van der Waals surface area contributed by atoms with Crippen molar-refractivity contribution < 1.29 is 19.4 Å². The van der Waals surface area contributed by atoms with Crippen LogP contribution >= 0.6 is 0 Å². The van der Waals surface area contributed by atoms with Crippen LogP contribution in [-0.2, 0) is 14.3 Å². The van der Waals surface area contributed by atoms with E-state index in [0.29, 0.717) is 12.8 Å². The van der Waals surface area contributed by atoms with Crippen LogP contribution in [0, 0.1) is 4.91 Å². The molecule has 0 amide bonds. The lowest BCUT2D eigenvalue weighted by Gasteiger charge is -2.14. The van der Waals surface area contributed by atoms with Crippen LogP contribution in [0.3, 0.4) is 0 Å². The summed E-state index contributed by atoms with van der Waals surface area (Å²) in [5, 5.41) is 10.9. The molecule has 0 aliphatic carbocycles. The SMILES string of the molecule is CCCCC(NN=O)C(=O)OC[C@H](N)C(=O)O. The van der Waals surface area contributed by atoms with Crippen molar-refractivity contribution in [1.82, 2.24) is 5.43 Å². The number of carboxylic acid groups (broad SMARTS) is 1. The molecule has 8 nitrogen and oxygen atoms in total. The van der Waals surface area contributed by atoms with Gasteiger partial charge in [-0.05, 0) is 6.42 Å². The Hall–Kier alpha value is -1.70. The number of esters is 1. The third kappa shape index (κ3) is 6.46. The number of unbranched alkanes of at least 4 members (excludes halogenated alkanes) is 1. The number of aliphatic carboxylic acids is 1. The Labute approximate surface area is 98.4 Å². The number of nitrogens with one attached hydrogen (secondary N) is 1. The fourth-order valence-electron chi connectivity index (χ4n) is 1.05. The van der Waals surface area contributed by atoms with Gasteiger partial charge in [0.05, 0.1) is 5.29 Å². The number of rotatable bonds is 9. The van der Waals surface area contributed by atoms with E-state index in [0.717, 1.165) is 6.42 Å². The number of ether oxygens (including phenoxy) is 1. The monoisotopic (exact) mass is 247 g/mol. The van der Waals surface area contributed by atoms with Crippen LogP contribution in [0.4, 0.5) is 0 Å². The number of nitroso groups, excluding NO2 is 1. The van der Waals surface area contributed by atoms with Crippen molar-refractivity contribution in [2.75, 3.05) is 6.61 Å². The molecule has 0 aromatic rings. The van der Waals surface area contributed by atoms with Crippen LogP contribution in [0.15, 0.2) is 5.29 Å². The minimum atomic E-state index is -1.27. The van der Waals surface area contributed by atoms with Gasteiger partial charge in [-0.25, -0.2) is 4.79 Å². The van der Waals surface area contributed by atoms with Crippen molar-refractivity contribution in [2.45, 2.75) is 38.3 Å². The molecule has 0 heterocycles. The molecular weight excluding hydrogens is 230 g/mol. The number of nitrogens with two attached hydrogens (primary N) is 1. The number of hydrogen-bond donors (Lipinski definition) is 3. The summed E-state index contributed by atoms with van der Waals surface area (Å²) < 4.78 is 4.67. The smallest absolute Gasteiger partial charge is 0.330 e. The summed E-state index contributed by atoms with van der Waals surface area (Å²) in [6.07, 6.45) is 1.95.